The van der Waals surface area contributed by atoms with E-state index in [4.69, 9.17) is 0 Å². The van der Waals surface area contributed by atoms with E-state index in [9.17, 15) is 18.7 Å². The van der Waals surface area contributed by atoms with E-state index in [0.717, 1.165) is 17.1 Å². The minimum Gasteiger partial charge on any atom is -0.386 e. The van der Waals surface area contributed by atoms with Crippen molar-refractivity contribution in [1.82, 2.24) is 15.5 Å². The lowest BCUT2D eigenvalue weighted by molar-refractivity contribution is 0.138. The van der Waals surface area contributed by atoms with Crippen molar-refractivity contribution in [3.63, 3.8) is 0 Å². The molecule has 23 heavy (non-hydrogen) atoms. The monoisotopic (exact) mass is 342 g/mol. The maximum Gasteiger partial charge on any atom is 0.321 e. The van der Waals surface area contributed by atoms with Crippen LogP contribution in [0, 0.1) is 11.6 Å². The molecule has 1 aromatic carbocycles. The average molecular weight is 342 g/mol. The first-order valence-corrected chi connectivity index (χ1v) is 7.75. The van der Waals surface area contributed by atoms with Crippen LogP contribution in [0.3, 0.4) is 0 Å². The number of rotatable bonds is 5. The van der Waals surface area contributed by atoms with Gasteiger partial charge in [-0.25, -0.2) is 13.6 Å². The van der Waals surface area contributed by atoms with Gasteiger partial charge in [0, 0.05) is 0 Å². The molecule has 3 N–H and O–H groups in total. The summed E-state index contributed by atoms with van der Waals surface area (Å²) in [4.78, 5) is 11.8. The lowest BCUT2D eigenvalue weighted by atomic mass is 10.0. The number of amides is 2. The first-order valence-electron chi connectivity index (χ1n) is 6.93. The molecule has 9 heteroatoms. The van der Waals surface area contributed by atoms with Gasteiger partial charge in [-0.15, -0.1) is 10.2 Å². The van der Waals surface area contributed by atoms with E-state index in [0.29, 0.717) is 11.6 Å². The molecule has 0 aliphatic carbocycles. The number of aliphatic hydroxyl groups is 1. The Labute approximate surface area is 135 Å². The highest BCUT2D eigenvalue weighted by atomic mass is 32.1. The summed E-state index contributed by atoms with van der Waals surface area (Å²) in [6, 6.07) is 1.79. The average Bonchev–Trinajstić information content (AvgIpc) is 2.96. The molecule has 2 atom stereocenters. The lowest BCUT2D eigenvalue weighted by Gasteiger charge is -2.20. The minimum atomic E-state index is -1.18. The molecule has 0 radical (unpaired) electrons. The summed E-state index contributed by atoms with van der Waals surface area (Å²) in [5.74, 6) is -2.05. The van der Waals surface area contributed by atoms with Crippen molar-refractivity contribution in [1.29, 1.82) is 0 Å². The highest BCUT2D eigenvalue weighted by Crippen LogP contribution is 2.20. The maximum atomic E-state index is 13.2. The Morgan fingerprint density at radius 1 is 1.35 bits per heavy atom. The van der Waals surface area contributed by atoms with Gasteiger partial charge in [-0.3, -0.25) is 5.32 Å². The van der Waals surface area contributed by atoms with Crippen LogP contribution in [0.15, 0.2) is 18.2 Å². The van der Waals surface area contributed by atoms with E-state index in [1.165, 1.54) is 17.4 Å². The second kappa shape index (κ2) is 7.42. The number of aryl methyl sites for hydroxylation is 1. The molecule has 6 nitrogen and oxygen atoms in total. The Morgan fingerprint density at radius 3 is 2.70 bits per heavy atom. The number of hydrogen-bond donors (Lipinski definition) is 3. The van der Waals surface area contributed by atoms with Gasteiger partial charge in [0.15, 0.2) is 11.6 Å². The SMILES string of the molecule is CCc1nnc(NC(=O)NC(C)C(O)c2ccc(F)c(F)c2)s1. The van der Waals surface area contributed by atoms with E-state index in [1.807, 2.05) is 6.92 Å². The van der Waals surface area contributed by atoms with Gasteiger partial charge in [0.2, 0.25) is 5.13 Å². The van der Waals surface area contributed by atoms with Gasteiger partial charge in [0.1, 0.15) is 5.01 Å². The molecule has 1 aromatic heterocycles. The molecule has 0 saturated heterocycles. The Hall–Kier alpha value is -2.13. The zero-order valence-corrected chi connectivity index (χ0v) is 13.3. The summed E-state index contributed by atoms with van der Waals surface area (Å²) in [7, 11) is 0. The number of carbonyl (C=O) groups excluding carboxylic acids is 1. The van der Waals surface area contributed by atoms with Crippen molar-refractivity contribution in [2.45, 2.75) is 32.4 Å². The van der Waals surface area contributed by atoms with Crippen LogP contribution in [0.4, 0.5) is 18.7 Å². The number of aliphatic hydroxyl groups excluding tert-OH is 1. The molecule has 1 heterocycles. The van der Waals surface area contributed by atoms with Crippen molar-refractivity contribution in [3.8, 4) is 0 Å². The van der Waals surface area contributed by atoms with Crippen molar-refractivity contribution in [2.75, 3.05) is 5.32 Å². The molecular formula is C14H16F2N4O2S. The van der Waals surface area contributed by atoms with Crippen molar-refractivity contribution >= 4 is 22.5 Å². The van der Waals surface area contributed by atoms with Crippen LogP contribution in [0.25, 0.3) is 0 Å². The molecule has 0 aliphatic heterocycles. The highest BCUT2D eigenvalue weighted by molar-refractivity contribution is 7.15. The van der Waals surface area contributed by atoms with Crippen LogP contribution in [0.1, 0.15) is 30.5 Å². The number of aromatic nitrogens is 2. The Morgan fingerprint density at radius 2 is 2.09 bits per heavy atom. The van der Waals surface area contributed by atoms with Crippen molar-refractivity contribution in [2.24, 2.45) is 0 Å². The standard InChI is InChI=1S/C14H16F2N4O2S/c1-3-11-19-20-14(23-11)18-13(22)17-7(2)12(21)8-4-5-9(15)10(16)6-8/h4-7,12,21H,3H2,1-2H3,(H2,17,18,20,22). The number of nitrogens with one attached hydrogen (secondary N) is 2. The van der Waals surface area contributed by atoms with Gasteiger partial charge in [-0.2, -0.15) is 0 Å². The Bertz CT molecular complexity index is 695. The van der Waals surface area contributed by atoms with Crippen molar-refractivity contribution < 1.29 is 18.7 Å². The van der Waals surface area contributed by atoms with Crippen LogP contribution in [-0.4, -0.2) is 27.4 Å². The Kier molecular flexibility index (Phi) is 5.56. The lowest BCUT2D eigenvalue weighted by Crippen LogP contribution is -2.39. The molecule has 2 aromatic rings. The molecule has 0 spiro atoms. The fourth-order valence-corrected chi connectivity index (χ4v) is 2.53. The van der Waals surface area contributed by atoms with Crippen molar-refractivity contribution in [3.05, 3.63) is 40.4 Å². The topological polar surface area (TPSA) is 87.1 Å². The maximum absolute atomic E-state index is 13.2. The first kappa shape index (κ1) is 17.2. The number of hydrogen-bond acceptors (Lipinski definition) is 5. The number of urea groups is 1. The number of anilines is 1. The highest BCUT2D eigenvalue weighted by Gasteiger charge is 2.20. The van der Waals surface area contributed by atoms with E-state index in [1.54, 1.807) is 6.92 Å². The van der Waals surface area contributed by atoms with E-state index >= 15 is 0 Å². The van der Waals surface area contributed by atoms with Crippen LogP contribution < -0.4 is 10.6 Å². The summed E-state index contributed by atoms with van der Waals surface area (Å²) in [6.07, 6.45) is -0.469. The largest absolute Gasteiger partial charge is 0.386 e. The van der Waals surface area contributed by atoms with Gasteiger partial charge < -0.3 is 10.4 Å². The molecule has 2 rings (SSSR count). The molecule has 0 fully saturated rings. The van der Waals surface area contributed by atoms with Crippen LogP contribution in [-0.2, 0) is 6.42 Å². The van der Waals surface area contributed by atoms with E-state index < -0.39 is 29.8 Å². The normalized spacial score (nSPS) is 13.4. The van der Waals surface area contributed by atoms with Crippen LogP contribution in [0.5, 0.6) is 0 Å². The number of benzene rings is 1. The van der Waals surface area contributed by atoms with Crippen LogP contribution >= 0.6 is 11.3 Å². The third-order valence-electron chi connectivity index (χ3n) is 3.11. The summed E-state index contributed by atoms with van der Waals surface area (Å²) in [5.41, 5.74) is 0.167. The van der Waals surface area contributed by atoms with Gasteiger partial charge >= 0.3 is 6.03 Å². The number of halogens is 2. The minimum absolute atomic E-state index is 0.167. The summed E-state index contributed by atoms with van der Waals surface area (Å²) >= 11 is 1.25. The summed E-state index contributed by atoms with van der Waals surface area (Å²) < 4.78 is 26.1. The van der Waals surface area contributed by atoms with Gasteiger partial charge in [-0.05, 0) is 31.0 Å². The fourth-order valence-electron chi connectivity index (χ4n) is 1.85. The molecule has 2 amide bonds. The predicted octanol–water partition coefficient (Wildman–Crippen LogP) is 2.62. The zero-order chi connectivity index (χ0) is 17.0. The number of carbonyl (C=O) groups is 1. The molecule has 0 bridgehead atoms. The zero-order valence-electron chi connectivity index (χ0n) is 12.5. The van der Waals surface area contributed by atoms with Gasteiger partial charge in [-0.1, -0.05) is 24.3 Å². The summed E-state index contributed by atoms with van der Waals surface area (Å²) in [6.45, 7) is 3.47. The quantitative estimate of drug-likeness (QED) is 0.779. The predicted molar refractivity (Wildman–Crippen MR) is 82.2 cm³/mol. The van der Waals surface area contributed by atoms with Gasteiger partial charge in [0.05, 0.1) is 12.1 Å². The first-order chi connectivity index (χ1) is 10.9. The third kappa shape index (κ3) is 4.42. The second-order valence-electron chi connectivity index (χ2n) is 4.86. The molecule has 0 saturated carbocycles. The molecule has 2 unspecified atom stereocenters. The Balaban J connectivity index is 1.95. The molecule has 124 valence electrons. The molecule has 0 aliphatic rings. The van der Waals surface area contributed by atoms with Gasteiger partial charge in [0.25, 0.3) is 0 Å². The molecular weight excluding hydrogens is 326 g/mol. The fraction of sp³-hybridized carbons (Fsp3) is 0.357. The van der Waals surface area contributed by atoms with Crippen LogP contribution in [0.2, 0.25) is 0 Å². The third-order valence-corrected chi connectivity index (χ3v) is 4.09. The summed E-state index contributed by atoms with van der Waals surface area (Å²) in [5, 5.41) is 23.9. The van der Waals surface area contributed by atoms with E-state index in [-0.39, 0.29) is 5.56 Å². The smallest absolute Gasteiger partial charge is 0.321 e. The van der Waals surface area contributed by atoms with E-state index in [2.05, 4.69) is 20.8 Å². The second-order valence-corrected chi connectivity index (χ2v) is 5.92. The number of nitrogens with zero attached hydrogens (tertiary/aromatic N) is 2.